The van der Waals surface area contributed by atoms with Gasteiger partial charge >= 0.3 is 0 Å². The molecule has 1 N–H and O–H groups in total. The number of hydrogen-bond acceptors (Lipinski definition) is 7. The van der Waals surface area contributed by atoms with Crippen LogP contribution in [-0.2, 0) is 14.4 Å². The van der Waals surface area contributed by atoms with E-state index in [1.54, 1.807) is 24.3 Å². The van der Waals surface area contributed by atoms with Crippen LogP contribution in [0.15, 0.2) is 52.8 Å². The number of nitrogens with one attached hydrogen (secondary N) is 1. The van der Waals surface area contributed by atoms with E-state index >= 15 is 0 Å². The van der Waals surface area contributed by atoms with Crippen molar-refractivity contribution in [1.82, 2.24) is 5.01 Å². The number of amides is 3. The monoisotopic (exact) mass is 415 g/mol. The molecule has 2 atom stereocenters. The Labute approximate surface area is 168 Å². The molecule has 1 fully saturated rings. The third-order valence-corrected chi connectivity index (χ3v) is 4.70. The number of fused-ring (bicyclic) bond motifs is 1. The Bertz CT molecular complexity index is 1060. The molecule has 0 bridgehead atoms. The summed E-state index contributed by atoms with van der Waals surface area (Å²) >= 11 is 0. The van der Waals surface area contributed by atoms with E-state index in [1.165, 1.54) is 7.11 Å². The Morgan fingerprint density at radius 2 is 1.83 bits per heavy atom. The van der Waals surface area contributed by atoms with Crippen LogP contribution in [0, 0.1) is 11.6 Å². The summed E-state index contributed by atoms with van der Waals surface area (Å²) in [6.45, 7) is -0.332. The van der Waals surface area contributed by atoms with Gasteiger partial charge in [-0.1, -0.05) is 5.22 Å². The van der Waals surface area contributed by atoms with Crippen molar-refractivity contribution in [3.8, 4) is 5.75 Å². The second-order valence-corrected chi connectivity index (χ2v) is 6.58. The number of halogens is 2. The summed E-state index contributed by atoms with van der Waals surface area (Å²) in [5.41, 5.74) is 0.391. The van der Waals surface area contributed by atoms with E-state index in [4.69, 9.17) is 4.74 Å². The molecular formula is C19H15F2N5O4. The van der Waals surface area contributed by atoms with Crippen LogP contribution in [0.3, 0.4) is 0 Å². The number of carbonyl (C=O) groups is 3. The molecular weight excluding hydrogens is 400 g/mol. The van der Waals surface area contributed by atoms with Crippen LogP contribution in [0.2, 0.25) is 0 Å². The van der Waals surface area contributed by atoms with Gasteiger partial charge in [-0.15, -0.1) is 0 Å². The first kappa shape index (κ1) is 19.4. The second kappa shape index (κ2) is 7.50. The number of carbonyl (C=O) groups excluding carboxylic acids is 3. The van der Waals surface area contributed by atoms with Gasteiger partial charge in [0.15, 0.2) is 23.7 Å². The van der Waals surface area contributed by atoms with Crippen molar-refractivity contribution < 1.29 is 27.9 Å². The molecule has 4 rings (SSSR count). The summed E-state index contributed by atoms with van der Waals surface area (Å²) in [7, 11) is 1.52. The standard InChI is InChI=1S/C19H15F2N5O4/c1-30-12-5-2-10(3-6-12)22-15(27)9-25-17-16(23-24-25)18(28)26(19(17)29)11-4-7-13(20)14(21)8-11/h2-8,16-17H,9H2,1H3,(H,22,27). The number of nitrogens with zero attached hydrogens (tertiary/aromatic N) is 4. The Balaban J connectivity index is 1.47. The van der Waals surface area contributed by atoms with E-state index in [0.29, 0.717) is 11.4 Å². The fourth-order valence-corrected chi connectivity index (χ4v) is 3.25. The number of ether oxygens (including phenoxy) is 1. The molecule has 11 heteroatoms. The van der Waals surface area contributed by atoms with E-state index in [1.807, 2.05) is 0 Å². The summed E-state index contributed by atoms with van der Waals surface area (Å²) in [4.78, 5) is 38.4. The molecule has 0 saturated carbocycles. The van der Waals surface area contributed by atoms with Crippen molar-refractivity contribution in [3.05, 3.63) is 54.1 Å². The maximum Gasteiger partial charge on any atom is 0.263 e. The Morgan fingerprint density at radius 3 is 2.50 bits per heavy atom. The van der Waals surface area contributed by atoms with Crippen LogP contribution in [0.4, 0.5) is 20.2 Å². The number of methoxy groups -OCH3 is 1. The van der Waals surface area contributed by atoms with Crippen LogP contribution in [0.5, 0.6) is 5.75 Å². The summed E-state index contributed by atoms with van der Waals surface area (Å²) < 4.78 is 31.8. The minimum atomic E-state index is -1.19. The highest BCUT2D eigenvalue weighted by Gasteiger charge is 2.55. The Kier molecular flexibility index (Phi) is 4.86. The molecule has 0 radical (unpaired) electrons. The number of hydrogen-bond donors (Lipinski definition) is 1. The van der Waals surface area contributed by atoms with Crippen molar-refractivity contribution in [2.75, 3.05) is 23.9 Å². The fourth-order valence-electron chi connectivity index (χ4n) is 3.25. The van der Waals surface area contributed by atoms with E-state index in [2.05, 4.69) is 15.7 Å². The van der Waals surface area contributed by atoms with Crippen LogP contribution >= 0.6 is 0 Å². The molecule has 9 nitrogen and oxygen atoms in total. The Hall–Kier alpha value is -3.89. The summed E-state index contributed by atoms with van der Waals surface area (Å²) in [5, 5.41) is 11.3. The zero-order chi connectivity index (χ0) is 21.4. The van der Waals surface area contributed by atoms with E-state index in [9.17, 15) is 23.2 Å². The zero-order valence-electron chi connectivity index (χ0n) is 15.6. The first-order chi connectivity index (χ1) is 14.4. The van der Waals surface area contributed by atoms with Gasteiger partial charge in [0.25, 0.3) is 11.8 Å². The van der Waals surface area contributed by atoms with Crippen LogP contribution in [0.25, 0.3) is 0 Å². The Morgan fingerprint density at radius 1 is 1.10 bits per heavy atom. The molecule has 2 unspecified atom stereocenters. The smallest absolute Gasteiger partial charge is 0.263 e. The first-order valence-corrected chi connectivity index (χ1v) is 8.83. The average molecular weight is 415 g/mol. The highest BCUT2D eigenvalue weighted by atomic mass is 19.2. The normalized spacial score (nSPS) is 20.0. The molecule has 1 saturated heterocycles. The fraction of sp³-hybridized carbons (Fsp3) is 0.211. The lowest BCUT2D eigenvalue weighted by Crippen LogP contribution is -2.43. The van der Waals surface area contributed by atoms with E-state index < -0.39 is 41.4 Å². The van der Waals surface area contributed by atoms with Gasteiger partial charge in [0.05, 0.1) is 12.8 Å². The first-order valence-electron chi connectivity index (χ1n) is 8.83. The van der Waals surface area contributed by atoms with Gasteiger partial charge in [0.2, 0.25) is 5.91 Å². The minimum absolute atomic E-state index is 0.115. The largest absolute Gasteiger partial charge is 0.497 e. The van der Waals surface area contributed by atoms with Gasteiger partial charge in [-0.05, 0) is 36.4 Å². The van der Waals surface area contributed by atoms with Gasteiger partial charge in [0, 0.05) is 11.8 Å². The lowest BCUT2D eigenvalue weighted by molar-refractivity contribution is -0.123. The van der Waals surface area contributed by atoms with Crippen LogP contribution < -0.4 is 15.0 Å². The topological polar surface area (TPSA) is 104 Å². The predicted molar refractivity (Wildman–Crippen MR) is 99.6 cm³/mol. The zero-order valence-corrected chi connectivity index (χ0v) is 15.6. The van der Waals surface area contributed by atoms with Gasteiger partial charge < -0.3 is 10.1 Å². The molecule has 2 aliphatic heterocycles. The van der Waals surface area contributed by atoms with Crippen LogP contribution in [0.1, 0.15) is 0 Å². The molecule has 0 aliphatic carbocycles. The minimum Gasteiger partial charge on any atom is -0.497 e. The van der Waals surface area contributed by atoms with Crippen LogP contribution in [-0.4, -0.2) is 48.5 Å². The number of anilines is 2. The van der Waals surface area contributed by atoms with Gasteiger partial charge in [-0.25, -0.2) is 13.7 Å². The SMILES string of the molecule is COc1ccc(NC(=O)CN2N=NC3C(=O)N(c4ccc(F)c(F)c4)C(=O)C32)cc1. The van der Waals surface area contributed by atoms with Gasteiger partial charge in [0.1, 0.15) is 12.3 Å². The summed E-state index contributed by atoms with van der Waals surface area (Å²) in [6, 6.07) is 7.02. The van der Waals surface area contributed by atoms with Gasteiger partial charge in [-0.2, -0.15) is 5.11 Å². The maximum absolute atomic E-state index is 13.5. The lowest BCUT2D eigenvalue weighted by Gasteiger charge is -2.20. The molecule has 3 amide bonds. The summed E-state index contributed by atoms with van der Waals surface area (Å²) in [5.74, 6) is -3.60. The van der Waals surface area contributed by atoms with Gasteiger partial charge in [-0.3, -0.25) is 19.4 Å². The molecule has 154 valence electrons. The maximum atomic E-state index is 13.5. The van der Waals surface area contributed by atoms with Crippen molar-refractivity contribution in [3.63, 3.8) is 0 Å². The van der Waals surface area contributed by atoms with E-state index in [0.717, 1.165) is 28.1 Å². The molecule has 0 aromatic heterocycles. The quantitative estimate of drug-likeness (QED) is 0.752. The number of rotatable bonds is 5. The van der Waals surface area contributed by atoms with Crippen molar-refractivity contribution in [2.45, 2.75) is 12.1 Å². The highest BCUT2D eigenvalue weighted by molar-refractivity contribution is 6.25. The van der Waals surface area contributed by atoms with Crippen molar-refractivity contribution >= 4 is 29.1 Å². The second-order valence-electron chi connectivity index (χ2n) is 6.58. The third kappa shape index (κ3) is 3.34. The third-order valence-electron chi connectivity index (χ3n) is 4.70. The van der Waals surface area contributed by atoms with Crippen molar-refractivity contribution in [1.29, 1.82) is 0 Å². The number of imide groups is 1. The van der Waals surface area contributed by atoms with Crippen molar-refractivity contribution in [2.24, 2.45) is 10.3 Å². The average Bonchev–Trinajstić information content (AvgIpc) is 3.24. The highest BCUT2D eigenvalue weighted by Crippen LogP contribution is 2.32. The molecule has 2 aromatic rings. The predicted octanol–water partition coefficient (Wildman–Crippen LogP) is 1.91. The molecule has 0 spiro atoms. The molecule has 30 heavy (non-hydrogen) atoms. The number of benzene rings is 2. The molecule has 2 aromatic carbocycles. The molecule has 2 heterocycles. The summed E-state index contributed by atoms with van der Waals surface area (Å²) in [6.07, 6.45) is 0. The molecule has 2 aliphatic rings. The lowest BCUT2D eigenvalue weighted by atomic mass is 10.1. The van der Waals surface area contributed by atoms with E-state index in [-0.39, 0.29) is 12.2 Å².